The molecule has 3 N–H and O–H groups in total. The van der Waals surface area contributed by atoms with Gasteiger partial charge in [-0.05, 0) is 37.8 Å². The molecule has 3 aromatic heterocycles. The second-order valence-electron chi connectivity index (χ2n) is 7.98. The molecular formula is C20H19Cl2N7. The lowest BCUT2D eigenvalue weighted by atomic mass is 9.98. The van der Waals surface area contributed by atoms with Gasteiger partial charge in [-0.25, -0.2) is 9.97 Å². The molecule has 2 aliphatic rings. The Kier molecular flexibility index (Phi) is 3.82. The number of hydrogen-bond acceptors (Lipinski definition) is 5. The fourth-order valence-corrected chi connectivity index (χ4v) is 5.71. The van der Waals surface area contributed by atoms with Gasteiger partial charge in [0.2, 0.25) is 0 Å². The van der Waals surface area contributed by atoms with E-state index >= 15 is 0 Å². The SMILES string of the molecule is N[C@@H]1C[C@H]2CC[C@@H](C1)N2c1nccn2c(-c3ccc4[nH]nc(Cl)c4c3Cl)ncc12. The van der Waals surface area contributed by atoms with Crippen molar-refractivity contribution in [1.29, 1.82) is 0 Å². The van der Waals surface area contributed by atoms with E-state index in [9.17, 15) is 0 Å². The lowest BCUT2D eigenvalue weighted by molar-refractivity contribution is 0.412. The van der Waals surface area contributed by atoms with Crippen LogP contribution in [0.5, 0.6) is 0 Å². The minimum absolute atomic E-state index is 0.286. The van der Waals surface area contributed by atoms with Crippen molar-refractivity contribution in [1.82, 2.24) is 24.6 Å². The van der Waals surface area contributed by atoms with E-state index < -0.39 is 0 Å². The van der Waals surface area contributed by atoms with Gasteiger partial charge < -0.3 is 10.6 Å². The number of rotatable bonds is 2. The van der Waals surface area contributed by atoms with Crippen LogP contribution in [0.4, 0.5) is 5.82 Å². The summed E-state index contributed by atoms with van der Waals surface area (Å²) in [6, 6.07) is 5.05. The highest BCUT2D eigenvalue weighted by atomic mass is 35.5. The van der Waals surface area contributed by atoms with Gasteiger partial charge in [0.1, 0.15) is 11.3 Å². The van der Waals surface area contributed by atoms with Crippen molar-refractivity contribution in [3.05, 3.63) is 40.9 Å². The monoisotopic (exact) mass is 427 g/mol. The van der Waals surface area contributed by atoms with Crippen molar-refractivity contribution in [2.24, 2.45) is 5.73 Å². The van der Waals surface area contributed by atoms with Crippen LogP contribution in [-0.4, -0.2) is 42.7 Å². The van der Waals surface area contributed by atoms with Crippen molar-refractivity contribution in [3.8, 4) is 11.4 Å². The summed E-state index contributed by atoms with van der Waals surface area (Å²) in [4.78, 5) is 11.9. The Morgan fingerprint density at radius 1 is 1.10 bits per heavy atom. The van der Waals surface area contributed by atoms with Crippen molar-refractivity contribution < 1.29 is 0 Å². The molecule has 148 valence electrons. The molecular weight excluding hydrogens is 409 g/mol. The van der Waals surface area contributed by atoms with Crippen LogP contribution < -0.4 is 10.6 Å². The molecule has 4 aromatic rings. The normalized spacial score (nSPS) is 24.1. The van der Waals surface area contributed by atoms with Gasteiger partial charge in [-0.15, -0.1) is 0 Å². The number of imidazole rings is 1. The highest BCUT2D eigenvalue weighted by molar-refractivity contribution is 6.43. The molecule has 3 atom stereocenters. The summed E-state index contributed by atoms with van der Waals surface area (Å²) in [6.45, 7) is 0. The van der Waals surface area contributed by atoms with E-state index in [2.05, 4.69) is 19.5 Å². The van der Waals surface area contributed by atoms with E-state index in [1.54, 1.807) is 0 Å². The number of anilines is 1. The number of halogens is 2. The van der Waals surface area contributed by atoms with Crippen LogP contribution in [0.3, 0.4) is 0 Å². The second kappa shape index (κ2) is 6.32. The largest absolute Gasteiger partial charge is 0.349 e. The summed E-state index contributed by atoms with van der Waals surface area (Å²) in [5, 5.41) is 8.54. The van der Waals surface area contributed by atoms with Crippen LogP contribution >= 0.6 is 23.2 Å². The number of nitrogens with one attached hydrogen (secondary N) is 1. The van der Waals surface area contributed by atoms with Crippen molar-refractivity contribution in [2.75, 3.05) is 4.90 Å². The molecule has 29 heavy (non-hydrogen) atoms. The number of fused-ring (bicyclic) bond motifs is 4. The molecule has 2 aliphatic heterocycles. The fourth-order valence-electron chi connectivity index (χ4n) is 5.09. The van der Waals surface area contributed by atoms with E-state index in [0.29, 0.717) is 27.6 Å². The van der Waals surface area contributed by atoms with Crippen LogP contribution in [0.25, 0.3) is 27.8 Å². The van der Waals surface area contributed by atoms with Crippen LogP contribution in [-0.2, 0) is 0 Å². The minimum Gasteiger partial charge on any atom is -0.349 e. The quantitative estimate of drug-likeness (QED) is 0.503. The number of H-pyrrole nitrogens is 1. The van der Waals surface area contributed by atoms with Gasteiger partial charge in [0.15, 0.2) is 11.0 Å². The maximum absolute atomic E-state index is 6.70. The first-order valence-corrected chi connectivity index (χ1v) is 10.6. The summed E-state index contributed by atoms with van der Waals surface area (Å²) in [6.07, 6.45) is 10.0. The summed E-state index contributed by atoms with van der Waals surface area (Å²) in [5.41, 5.74) is 8.84. The van der Waals surface area contributed by atoms with Crippen LogP contribution in [0.1, 0.15) is 25.7 Å². The molecule has 6 rings (SSSR count). The fraction of sp³-hybridized carbons (Fsp3) is 0.350. The zero-order chi connectivity index (χ0) is 19.7. The summed E-state index contributed by atoms with van der Waals surface area (Å²) >= 11 is 12.9. The Morgan fingerprint density at radius 3 is 2.69 bits per heavy atom. The van der Waals surface area contributed by atoms with Crippen molar-refractivity contribution >= 4 is 45.4 Å². The maximum atomic E-state index is 6.70. The molecule has 9 heteroatoms. The first-order valence-electron chi connectivity index (χ1n) is 9.80. The first-order chi connectivity index (χ1) is 14.1. The van der Waals surface area contributed by atoms with Gasteiger partial charge in [0.25, 0.3) is 0 Å². The van der Waals surface area contributed by atoms with E-state index in [4.69, 9.17) is 38.9 Å². The third kappa shape index (κ3) is 2.51. The number of nitrogens with zero attached hydrogens (tertiary/aromatic N) is 5. The van der Waals surface area contributed by atoms with Gasteiger partial charge >= 0.3 is 0 Å². The number of piperidine rings is 1. The summed E-state index contributed by atoms with van der Waals surface area (Å²) in [7, 11) is 0. The van der Waals surface area contributed by atoms with E-state index in [1.165, 1.54) is 12.8 Å². The van der Waals surface area contributed by atoms with Crippen molar-refractivity contribution in [2.45, 2.75) is 43.8 Å². The molecule has 0 aliphatic carbocycles. The molecule has 1 aromatic carbocycles. The van der Waals surface area contributed by atoms with Crippen LogP contribution in [0.15, 0.2) is 30.7 Å². The molecule has 5 heterocycles. The van der Waals surface area contributed by atoms with Gasteiger partial charge in [0, 0.05) is 36.1 Å². The van der Waals surface area contributed by atoms with E-state index in [0.717, 1.165) is 41.1 Å². The number of benzene rings is 1. The lowest BCUT2D eigenvalue weighted by Crippen LogP contribution is -2.48. The topological polar surface area (TPSA) is 88.1 Å². The Morgan fingerprint density at radius 2 is 1.90 bits per heavy atom. The maximum Gasteiger partial charge on any atom is 0.160 e. The van der Waals surface area contributed by atoms with Crippen LogP contribution in [0.2, 0.25) is 10.2 Å². The Bertz CT molecular complexity index is 1230. The van der Waals surface area contributed by atoms with Gasteiger partial charge in [-0.3, -0.25) is 9.50 Å². The molecule has 0 radical (unpaired) electrons. The van der Waals surface area contributed by atoms with Crippen molar-refractivity contribution in [3.63, 3.8) is 0 Å². The van der Waals surface area contributed by atoms with Gasteiger partial charge in [-0.2, -0.15) is 5.10 Å². The second-order valence-corrected chi connectivity index (χ2v) is 8.71. The number of aromatic amines is 1. The van der Waals surface area contributed by atoms with Gasteiger partial charge in [0.05, 0.1) is 22.1 Å². The molecule has 2 saturated heterocycles. The molecule has 0 amide bonds. The number of aromatic nitrogens is 5. The molecule has 0 spiro atoms. The first kappa shape index (κ1) is 17.5. The predicted octanol–water partition coefficient (Wildman–Crippen LogP) is 4.04. The number of hydrogen-bond donors (Lipinski definition) is 2. The predicted molar refractivity (Wildman–Crippen MR) is 115 cm³/mol. The number of nitrogens with two attached hydrogens (primary N) is 1. The van der Waals surface area contributed by atoms with Crippen LogP contribution in [0, 0.1) is 0 Å². The molecule has 7 nitrogen and oxygen atoms in total. The Balaban J connectivity index is 1.51. The molecule has 2 bridgehead atoms. The zero-order valence-electron chi connectivity index (χ0n) is 15.5. The average Bonchev–Trinajstić information content (AvgIpc) is 3.37. The minimum atomic E-state index is 0.286. The third-order valence-electron chi connectivity index (χ3n) is 6.32. The summed E-state index contributed by atoms with van der Waals surface area (Å²) < 4.78 is 2.05. The van der Waals surface area contributed by atoms with E-state index in [1.807, 2.05) is 30.7 Å². The molecule has 0 unspecified atom stereocenters. The standard InChI is InChI=1S/C20H19Cl2N7/c21-17-13(3-4-14-16(17)18(22)27-26-14)19-25-9-15-20(24-5-6-28(15)19)29-11-1-2-12(29)8-10(23)7-11/h3-6,9-12H,1-2,7-8,23H2,(H,26,27)/t10-,11-,12+. The third-order valence-corrected chi connectivity index (χ3v) is 6.98. The molecule has 0 saturated carbocycles. The van der Waals surface area contributed by atoms with E-state index in [-0.39, 0.29) is 6.04 Å². The average molecular weight is 428 g/mol. The Labute approximate surface area is 176 Å². The highest BCUT2D eigenvalue weighted by Gasteiger charge is 2.41. The van der Waals surface area contributed by atoms with Gasteiger partial charge in [-0.1, -0.05) is 23.2 Å². The Hall–Kier alpha value is -2.35. The highest BCUT2D eigenvalue weighted by Crippen LogP contribution is 2.41. The summed E-state index contributed by atoms with van der Waals surface area (Å²) in [5.74, 6) is 1.73. The smallest absolute Gasteiger partial charge is 0.160 e. The lowest BCUT2D eigenvalue weighted by Gasteiger charge is -2.38. The molecule has 2 fully saturated rings. The zero-order valence-corrected chi connectivity index (χ0v) is 17.0.